The Morgan fingerprint density at radius 2 is 1.69 bits per heavy atom. The number of benzene rings is 3. The zero-order valence-corrected chi connectivity index (χ0v) is 32.3. The van der Waals surface area contributed by atoms with Crippen LogP contribution in [0.5, 0.6) is 11.5 Å². The van der Waals surface area contributed by atoms with Crippen LogP contribution < -0.4 is 15.8 Å². The minimum Gasteiger partial charge on any atom is -0.457 e. The number of imide groups is 2. The molecule has 5 amide bonds. The van der Waals surface area contributed by atoms with Gasteiger partial charge in [0, 0.05) is 48.5 Å². The molecule has 0 spiro atoms. The molecule has 58 heavy (non-hydrogen) atoms. The lowest BCUT2D eigenvalue weighted by Crippen LogP contribution is -2.54. The first kappa shape index (κ1) is 37.5. The van der Waals surface area contributed by atoms with Crippen molar-refractivity contribution in [1.29, 1.82) is 0 Å². The van der Waals surface area contributed by atoms with Gasteiger partial charge >= 0.3 is 0 Å². The molecule has 296 valence electrons. The predicted molar refractivity (Wildman–Crippen MR) is 213 cm³/mol. The van der Waals surface area contributed by atoms with Crippen LogP contribution in [0.1, 0.15) is 95.3 Å². The molecule has 4 aliphatic heterocycles. The number of aromatic nitrogens is 2. The number of rotatable bonds is 11. The van der Waals surface area contributed by atoms with Crippen molar-refractivity contribution in [2.75, 3.05) is 18.8 Å². The average Bonchev–Trinajstić information content (AvgIpc) is 3.85. The molecule has 15 heteroatoms. The SMILES string of the molecule is NC1=NC=C2CC2c2c1c(-c1ccc(Oc3ccccc3)cc1)nn2C1CCN(C(=O)CCCCSc2cc(F)cc3c2C(=O)N(C2CCC(=O)NC2=O)C3=O)CC1. The number of unbranched alkanes of at least 4 members (excludes halogenated alkanes) is 1. The van der Waals surface area contributed by atoms with Crippen LogP contribution in [-0.4, -0.2) is 79.8 Å². The van der Waals surface area contributed by atoms with Crippen LogP contribution in [0.25, 0.3) is 11.3 Å². The second-order valence-corrected chi connectivity index (χ2v) is 16.3. The quantitative estimate of drug-likeness (QED) is 0.103. The maximum absolute atomic E-state index is 14.6. The number of halogens is 1. The molecule has 0 radical (unpaired) electrons. The summed E-state index contributed by atoms with van der Waals surface area (Å²) in [6.07, 6.45) is 5.88. The van der Waals surface area contributed by atoms with E-state index in [1.807, 2.05) is 65.7 Å². The number of nitrogens with one attached hydrogen (secondary N) is 1. The smallest absolute Gasteiger partial charge is 0.263 e. The number of amidine groups is 1. The van der Waals surface area contributed by atoms with E-state index in [1.165, 1.54) is 23.4 Å². The number of carbonyl (C=O) groups is 5. The van der Waals surface area contributed by atoms with Gasteiger partial charge in [-0.05, 0) is 98.4 Å². The van der Waals surface area contributed by atoms with Crippen LogP contribution in [0.2, 0.25) is 0 Å². The number of thioether (sulfide) groups is 1. The van der Waals surface area contributed by atoms with Gasteiger partial charge in [0.15, 0.2) is 0 Å². The zero-order chi connectivity index (χ0) is 40.1. The summed E-state index contributed by atoms with van der Waals surface area (Å²) in [5.74, 6) is -0.583. The van der Waals surface area contributed by atoms with E-state index < -0.39 is 35.5 Å². The standard InChI is InChI=1S/C43H40FN7O6S/c44-26-21-31-36(43(56)50(42(31)55)32-13-14-34(52)47-41(32)54)33(22-26)58-19-5-4-8-35(53)49-17-15-27(16-18-49)51-39-30-20-25(30)23-46-40(45)37(39)38(48-51)24-9-11-29(12-10-24)57-28-6-2-1-3-7-28/h1-3,6-7,9-12,21-23,27,30,32H,4-5,8,13-20H2,(H2,45,46)(H,47,52,54). The fraction of sp³-hybridized carbons (Fsp3) is 0.326. The molecular weight excluding hydrogens is 762 g/mol. The number of nitrogens with two attached hydrogens (primary N) is 1. The Bertz CT molecular complexity index is 2420. The molecule has 2 saturated heterocycles. The van der Waals surface area contributed by atoms with Crippen LogP contribution in [0, 0.1) is 5.82 Å². The molecule has 5 aliphatic rings. The molecule has 2 unspecified atom stereocenters. The fourth-order valence-corrected chi connectivity index (χ4v) is 9.45. The summed E-state index contributed by atoms with van der Waals surface area (Å²) in [4.78, 5) is 71.7. The van der Waals surface area contributed by atoms with Gasteiger partial charge in [-0.2, -0.15) is 5.10 Å². The second kappa shape index (κ2) is 15.3. The zero-order valence-electron chi connectivity index (χ0n) is 31.5. The lowest BCUT2D eigenvalue weighted by Gasteiger charge is -2.33. The molecule has 1 aliphatic carbocycles. The number of hydrogen-bond acceptors (Lipinski definition) is 10. The Hall–Kier alpha value is -6.09. The van der Waals surface area contributed by atoms with Crippen LogP contribution in [0.4, 0.5) is 4.39 Å². The number of para-hydroxylation sites is 1. The third-order valence-corrected chi connectivity index (χ3v) is 12.5. The Labute approximate surface area is 337 Å². The number of amides is 5. The number of piperidine rings is 2. The molecular formula is C43H40FN7O6S. The summed E-state index contributed by atoms with van der Waals surface area (Å²) in [6.45, 7) is 1.19. The minimum absolute atomic E-state index is 0.00363. The van der Waals surface area contributed by atoms with Crippen molar-refractivity contribution in [1.82, 2.24) is 24.9 Å². The summed E-state index contributed by atoms with van der Waals surface area (Å²) >= 11 is 1.24. The predicted octanol–water partition coefficient (Wildman–Crippen LogP) is 6.10. The first-order valence-electron chi connectivity index (χ1n) is 19.6. The Balaban J connectivity index is 0.808. The molecule has 13 nitrogen and oxygen atoms in total. The lowest BCUT2D eigenvalue weighted by molar-refractivity contribution is -0.136. The van der Waals surface area contributed by atoms with Gasteiger partial charge in [0.05, 0.1) is 28.4 Å². The second-order valence-electron chi connectivity index (χ2n) is 15.2. The highest BCUT2D eigenvalue weighted by Crippen LogP contribution is 2.52. The Kier molecular flexibility index (Phi) is 9.92. The number of carbonyl (C=O) groups excluding carboxylic acids is 5. The topological polar surface area (TPSA) is 169 Å². The highest BCUT2D eigenvalue weighted by molar-refractivity contribution is 7.99. The van der Waals surface area contributed by atoms with E-state index in [-0.39, 0.29) is 41.8 Å². The van der Waals surface area contributed by atoms with Crippen LogP contribution in [0.15, 0.2) is 88.4 Å². The summed E-state index contributed by atoms with van der Waals surface area (Å²) < 4.78 is 22.8. The molecule has 5 heterocycles. The Morgan fingerprint density at radius 1 is 0.931 bits per heavy atom. The first-order valence-corrected chi connectivity index (χ1v) is 20.6. The van der Waals surface area contributed by atoms with E-state index in [1.54, 1.807) is 0 Å². The van der Waals surface area contributed by atoms with E-state index in [2.05, 4.69) is 15.0 Å². The van der Waals surface area contributed by atoms with Crippen molar-refractivity contribution in [3.8, 4) is 22.8 Å². The average molecular weight is 802 g/mol. The van der Waals surface area contributed by atoms with E-state index in [0.717, 1.165) is 58.5 Å². The highest BCUT2D eigenvalue weighted by Gasteiger charge is 2.46. The minimum atomic E-state index is -1.13. The number of likely N-dealkylation sites (tertiary alicyclic amines) is 1. The molecule has 3 fully saturated rings. The lowest BCUT2D eigenvalue weighted by atomic mass is 10.0. The molecule has 3 N–H and O–H groups in total. The third kappa shape index (κ3) is 7.07. The van der Waals surface area contributed by atoms with E-state index in [4.69, 9.17) is 15.6 Å². The summed E-state index contributed by atoms with van der Waals surface area (Å²) in [7, 11) is 0. The Morgan fingerprint density at radius 3 is 2.45 bits per heavy atom. The van der Waals surface area contributed by atoms with E-state index in [0.29, 0.717) is 54.6 Å². The first-order chi connectivity index (χ1) is 28.1. The van der Waals surface area contributed by atoms with Gasteiger partial charge in [-0.25, -0.2) is 9.38 Å². The molecule has 2 atom stereocenters. The maximum atomic E-state index is 14.6. The summed E-state index contributed by atoms with van der Waals surface area (Å²) in [6, 6.07) is 18.7. The van der Waals surface area contributed by atoms with Crippen LogP contribution >= 0.6 is 11.8 Å². The van der Waals surface area contributed by atoms with Gasteiger partial charge < -0.3 is 15.4 Å². The molecule has 1 saturated carbocycles. The monoisotopic (exact) mass is 801 g/mol. The number of hydrogen-bond donors (Lipinski definition) is 2. The molecule has 9 rings (SSSR count). The van der Waals surface area contributed by atoms with Crippen molar-refractivity contribution in [2.45, 2.75) is 74.3 Å². The third-order valence-electron chi connectivity index (χ3n) is 11.4. The highest BCUT2D eigenvalue weighted by atomic mass is 32.2. The summed E-state index contributed by atoms with van der Waals surface area (Å²) in [5.41, 5.74) is 11.5. The molecule has 4 aromatic rings. The number of allylic oxidation sites excluding steroid dienone is 1. The summed E-state index contributed by atoms with van der Waals surface area (Å²) in [5, 5.41) is 7.36. The van der Waals surface area contributed by atoms with Gasteiger partial charge in [0.2, 0.25) is 17.7 Å². The van der Waals surface area contributed by atoms with Crippen molar-refractivity contribution >= 4 is 47.1 Å². The van der Waals surface area contributed by atoms with Crippen molar-refractivity contribution < 1.29 is 33.1 Å². The van der Waals surface area contributed by atoms with E-state index in [9.17, 15) is 28.4 Å². The van der Waals surface area contributed by atoms with Crippen LogP contribution in [-0.2, 0) is 14.4 Å². The fourth-order valence-electron chi connectivity index (χ4n) is 8.35. The van der Waals surface area contributed by atoms with E-state index >= 15 is 0 Å². The normalized spacial score (nSPS) is 20.2. The number of fused-ring (bicyclic) bond motifs is 4. The van der Waals surface area contributed by atoms with Gasteiger partial charge in [-0.1, -0.05) is 18.2 Å². The molecule has 1 aromatic heterocycles. The molecule has 0 bridgehead atoms. The number of nitrogens with zero attached hydrogens (tertiary/aromatic N) is 5. The van der Waals surface area contributed by atoms with Gasteiger partial charge in [-0.3, -0.25) is 38.9 Å². The maximum Gasteiger partial charge on any atom is 0.263 e. The van der Waals surface area contributed by atoms with Gasteiger partial charge in [-0.15, -0.1) is 11.8 Å². The molecule has 3 aromatic carbocycles. The van der Waals surface area contributed by atoms with Crippen molar-refractivity contribution in [3.05, 3.63) is 107 Å². The number of aliphatic imine (C=N–C) groups is 1. The largest absolute Gasteiger partial charge is 0.457 e. The van der Waals surface area contributed by atoms with Crippen molar-refractivity contribution in [3.63, 3.8) is 0 Å². The van der Waals surface area contributed by atoms with Crippen LogP contribution in [0.3, 0.4) is 0 Å². The van der Waals surface area contributed by atoms with Crippen molar-refractivity contribution in [2.24, 2.45) is 10.7 Å². The number of ether oxygens (including phenoxy) is 1. The van der Waals surface area contributed by atoms with Gasteiger partial charge in [0.25, 0.3) is 11.8 Å². The van der Waals surface area contributed by atoms with Gasteiger partial charge in [0.1, 0.15) is 34.9 Å².